The highest BCUT2D eigenvalue weighted by molar-refractivity contribution is 5.91. The van der Waals surface area contributed by atoms with E-state index in [-0.39, 0.29) is 18.8 Å². The number of hydrogen-bond acceptors (Lipinski definition) is 5. The fraction of sp³-hybridized carbons (Fsp3) is 0.130. The molecule has 0 spiro atoms. The van der Waals surface area contributed by atoms with Crippen molar-refractivity contribution in [3.05, 3.63) is 116 Å². The summed E-state index contributed by atoms with van der Waals surface area (Å²) in [5.74, 6) is -0.767. The molecule has 8 nitrogen and oxygen atoms in total. The Morgan fingerprint density at radius 1 is 1.09 bits per heavy atom. The van der Waals surface area contributed by atoms with E-state index in [9.17, 15) is 18.8 Å². The predicted octanol–water partition coefficient (Wildman–Crippen LogP) is 2.41. The van der Waals surface area contributed by atoms with Crippen molar-refractivity contribution in [2.24, 2.45) is 0 Å². The normalized spacial score (nSPS) is 10.8. The van der Waals surface area contributed by atoms with Crippen molar-refractivity contribution in [2.45, 2.75) is 20.0 Å². The second-order valence-corrected chi connectivity index (χ2v) is 7.16. The Morgan fingerprint density at radius 3 is 2.56 bits per heavy atom. The van der Waals surface area contributed by atoms with Gasteiger partial charge in [-0.05, 0) is 48.9 Å². The third kappa shape index (κ3) is 4.41. The molecule has 0 saturated carbocycles. The summed E-state index contributed by atoms with van der Waals surface area (Å²) < 4.78 is 20.4. The van der Waals surface area contributed by atoms with Gasteiger partial charge in [0.05, 0.1) is 25.0 Å². The highest BCUT2D eigenvalue weighted by Gasteiger charge is 2.20. The minimum atomic E-state index is -0.827. The number of furan rings is 1. The average molecular weight is 434 g/mol. The van der Waals surface area contributed by atoms with Crippen LogP contribution in [0.15, 0.2) is 80.9 Å². The molecule has 4 rings (SSSR count). The Bertz CT molecular complexity index is 1370. The second kappa shape index (κ2) is 8.84. The number of halogens is 1. The van der Waals surface area contributed by atoms with Crippen LogP contribution in [-0.2, 0) is 13.1 Å². The van der Waals surface area contributed by atoms with Gasteiger partial charge in [0.25, 0.3) is 11.5 Å². The van der Waals surface area contributed by atoms with Gasteiger partial charge < -0.3 is 9.73 Å². The van der Waals surface area contributed by atoms with Gasteiger partial charge in [0.1, 0.15) is 11.6 Å². The van der Waals surface area contributed by atoms with Gasteiger partial charge in [-0.15, -0.1) is 0 Å². The van der Waals surface area contributed by atoms with Crippen molar-refractivity contribution in [1.82, 2.24) is 19.7 Å². The first-order valence-corrected chi connectivity index (χ1v) is 9.78. The summed E-state index contributed by atoms with van der Waals surface area (Å²) in [6, 6.07) is 15.7. The maximum Gasteiger partial charge on any atom is 0.352 e. The molecule has 9 heteroatoms. The number of amides is 1. The molecule has 4 aromatic rings. The lowest BCUT2D eigenvalue weighted by molar-refractivity contribution is 0.0938. The molecule has 1 N–H and O–H groups in total. The summed E-state index contributed by atoms with van der Waals surface area (Å²) in [4.78, 5) is 38.9. The monoisotopic (exact) mass is 434 g/mol. The van der Waals surface area contributed by atoms with Crippen LogP contribution in [0, 0.1) is 12.7 Å². The van der Waals surface area contributed by atoms with Crippen LogP contribution >= 0.6 is 0 Å². The summed E-state index contributed by atoms with van der Waals surface area (Å²) in [5.41, 5.74) is -0.150. The lowest BCUT2D eigenvalue weighted by Crippen LogP contribution is -2.46. The van der Waals surface area contributed by atoms with Crippen LogP contribution < -0.4 is 16.6 Å². The first-order chi connectivity index (χ1) is 15.4. The van der Waals surface area contributed by atoms with E-state index in [2.05, 4.69) is 10.4 Å². The number of nitrogens with one attached hydrogen (secondary N) is 1. The number of rotatable bonds is 6. The number of benzene rings is 2. The molecule has 1 amide bonds. The van der Waals surface area contributed by atoms with Crippen LogP contribution in [0.5, 0.6) is 0 Å². The zero-order valence-electron chi connectivity index (χ0n) is 17.1. The van der Waals surface area contributed by atoms with E-state index in [1.807, 2.05) is 25.1 Å². The highest BCUT2D eigenvalue weighted by Crippen LogP contribution is 2.07. The minimum Gasteiger partial charge on any atom is -0.467 e. The lowest BCUT2D eigenvalue weighted by Gasteiger charge is -2.12. The van der Waals surface area contributed by atoms with Crippen LogP contribution in [0.2, 0.25) is 0 Å². The Labute approximate surface area is 181 Å². The van der Waals surface area contributed by atoms with E-state index in [0.717, 1.165) is 26.9 Å². The Hall–Kier alpha value is -4.27. The van der Waals surface area contributed by atoms with Crippen molar-refractivity contribution in [1.29, 1.82) is 0 Å². The van der Waals surface area contributed by atoms with Crippen LogP contribution in [0.25, 0.3) is 5.69 Å². The maximum atomic E-state index is 13.4. The minimum absolute atomic E-state index is 0.0422. The van der Waals surface area contributed by atoms with Gasteiger partial charge >= 0.3 is 5.69 Å². The van der Waals surface area contributed by atoms with Crippen molar-refractivity contribution in [3.8, 4) is 5.69 Å². The lowest BCUT2D eigenvalue weighted by atomic mass is 10.1. The van der Waals surface area contributed by atoms with E-state index < -0.39 is 28.7 Å². The Kier molecular flexibility index (Phi) is 5.80. The fourth-order valence-electron chi connectivity index (χ4n) is 3.20. The van der Waals surface area contributed by atoms with Crippen LogP contribution in [0.4, 0.5) is 4.39 Å². The molecular weight excluding hydrogens is 415 g/mol. The number of aryl methyl sites for hydroxylation is 1. The first-order valence-electron chi connectivity index (χ1n) is 9.78. The molecule has 0 aliphatic rings. The molecule has 0 fully saturated rings. The van der Waals surface area contributed by atoms with Gasteiger partial charge in [-0.2, -0.15) is 9.78 Å². The average Bonchev–Trinajstić information content (AvgIpc) is 3.30. The highest BCUT2D eigenvalue weighted by atomic mass is 19.1. The van der Waals surface area contributed by atoms with Gasteiger partial charge in [-0.1, -0.05) is 29.8 Å². The largest absolute Gasteiger partial charge is 0.467 e. The van der Waals surface area contributed by atoms with E-state index in [1.54, 1.807) is 18.2 Å². The van der Waals surface area contributed by atoms with E-state index in [0.29, 0.717) is 11.3 Å². The SMILES string of the molecule is Cc1cccc(Cn2c(=O)c(C(=O)NCc3ccco3)nn(-c3ccc(F)cc3)c2=O)c1. The summed E-state index contributed by atoms with van der Waals surface area (Å²) >= 11 is 0. The summed E-state index contributed by atoms with van der Waals surface area (Å²) in [5, 5.41) is 6.56. The predicted molar refractivity (Wildman–Crippen MR) is 114 cm³/mol. The number of carbonyl (C=O) groups is 1. The van der Waals surface area contributed by atoms with Gasteiger partial charge in [-0.3, -0.25) is 14.2 Å². The Balaban J connectivity index is 1.80. The molecule has 0 aliphatic carbocycles. The van der Waals surface area contributed by atoms with Gasteiger partial charge in [-0.25, -0.2) is 9.18 Å². The molecule has 0 saturated heterocycles. The molecule has 0 unspecified atom stereocenters. The van der Waals surface area contributed by atoms with E-state index >= 15 is 0 Å². The second-order valence-electron chi connectivity index (χ2n) is 7.16. The smallest absolute Gasteiger partial charge is 0.352 e. The molecule has 162 valence electrons. The summed E-state index contributed by atoms with van der Waals surface area (Å²) in [6.45, 7) is 1.88. The molecule has 0 aliphatic heterocycles. The molecule has 0 bridgehead atoms. The van der Waals surface area contributed by atoms with Gasteiger partial charge in [0.15, 0.2) is 0 Å². The van der Waals surface area contributed by atoms with Crippen molar-refractivity contribution >= 4 is 5.91 Å². The van der Waals surface area contributed by atoms with Crippen LogP contribution in [0.3, 0.4) is 0 Å². The zero-order valence-corrected chi connectivity index (χ0v) is 17.1. The molecule has 32 heavy (non-hydrogen) atoms. The standard InChI is InChI=1S/C23H19FN4O4/c1-15-4-2-5-16(12-15)14-27-22(30)20(21(29)25-13-19-6-3-11-32-19)26-28(23(27)31)18-9-7-17(24)8-10-18/h2-12H,13-14H2,1H3,(H,25,29). The van der Waals surface area contributed by atoms with E-state index in [4.69, 9.17) is 4.42 Å². The van der Waals surface area contributed by atoms with Gasteiger partial charge in [0.2, 0.25) is 5.69 Å². The number of carbonyl (C=O) groups excluding carboxylic acids is 1. The fourth-order valence-corrected chi connectivity index (χ4v) is 3.20. The number of hydrogen-bond donors (Lipinski definition) is 1. The first kappa shape index (κ1) is 21.0. The summed E-state index contributed by atoms with van der Waals surface area (Å²) in [6.07, 6.45) is 1.46. The third-order valence-corrected chi connectivity index (χ3v) is 4.77. The summed E-state index contributed by atoms with van der Waals surface area (Å²) in [7, 11) is 0. The van der Waals surface area contributed by atoms with Crippen LogP contribution in [-0.4, -0.2) is 20.3 Å². The van der Waals surface area contributed by atoms with E-state index in [1.165, 1.54) is 18.4 Å². The number of nitrogens with zero attached hydrogens (tertiary/aromatic N) is 3. The van der Waals surface area contributed by atoms with Gasteiger partial charge in [0, 0.05) is 0 Å². The van der Waals surface area contributed by atoms with Crippen LogP contribution in [0.1, 0.15) is 27.4 Å². The number of aromatic nitrogens is 3. The van der Waals surface area contributed by atoms with Crippen molar-refractivity contribution < 1.29 is 13.6 Å². The molecule has 2 heterocycles. The van der Waals surface area contributed by atoms with Crippen molar-refractivity contribution in [2.75, 3.05) is 0 Å². The molecule has 2 aromatic carbocycles. The third-order valence-electron chi connectivity index (χ3n) is 4.77. The molecule has 2 aromatic heterocycles. The Morgan fingerprint density at radius 2 is 1.88 bits per heavy atom. The van der Waals surface area contributed by atoms with Crippen molar-refractivity contribution in [3.63, 3.8) is 0 Å². The molecule has 0 atom stereocenters. The topological polar surface area (TPSA) is 99.1 Å². The molecule has 0 radical (unpaired) electrons. The zero-order chi connectivity index (χ0) is 22.7. The molecular formula is C23H19FN4O4. The maximum absolute atomic E-state index is 13.4. The quantitative estimate of drug-likeness (QED) is 0.503.